The largest absolute Gasteiger partial charge is 0.335 e. The fraction of sp³-hybridized carbons (Fsp3) is 0.708. The first-order valence-electron chi connectivity index (χ1n) is 10.9. The molecule has 1 saturated heterocycles. The molecule has 3 nitrogen and oxygen atoms in total. The van der Waals surface area contributed by atoms with Gasteiger partial charge in [-0.05, 0) is 64.9 Å². The van der Waals surface area contributed by atoms with Gasteiger partial charge in [-0.3, -0.25) is 9.69 Å². The average molecular weight is 371 g/mol. The van der Waals surface area contributed by atoms with Gasteiger partial charge in [-0.25, -0.2) is 0 Å². The predicted molar refractivity (Wildman–Crippen MR) is 112 cm³/mol. The number of fused-ring (bicyclic) bond motifs is 1. The van der Waals surface area contributed by atoms with E-state index in [1.807, 2.05) is 6.07 Å². The summed E-state index contributed by atoms with van der Waals surface area (Å²) in [6.07, 6.45) is 6.40. The van der Waals surface area contributed by atoms with Crippen molar-refractivity contribution < 1.29 is 4.79 Å². The lowest BCUT2D eigenvalue weighted by Gasteiger charge is -2.51. The Balaban J connectivity index is 1.83. The molecule has 1 aromatic carbocycles. The molecular formula is C24H38N2O. The van der Waals surface area contributed by atoms with E-state index in [2.05, 4.69) is 68.7 Å². The molecule has 0 N–H and O–H groups in total. The smallest absolute Gasteiger partial charge is 0.240 e. The second-order valence-corrected chi connectivity index (χ2v) is 9.92. The quantitative estimate of drug-likeness (QED) is 0.736. The molecule has 1 amide bonds. The summed E-state index contributed by atoms with van der Waals surface area (Å²) >= 11 is 0. The lowest BCUT2D eigenvalue weighted by atomic mass is 9.71. The number of carbonyl (C=O) groups excluding carboxylic acids is 1. The van der Waals surface area contributed by atoms with E-state index in [4.69, 9.17) is 0 Å². The van der Waals surface area contributed by atoms with Gasteiger partial charge < -0.3 is 4.90 Å². The van der Waals surface area contributed by atoms with Crippen LogP contribution in [0.2, 0.25) is 0 Å². The number of hydrogen-bond acceptors (Lipinski definition) is 2. The summed E-state index contributed by atoms with van der Waals surface area (Å²) in [4.78, 5) is 18.4. The van der Waals surface area contributed by atoms with Gasteiger partial charge in [0.25, 0.3) is 0 Å². The summed E-state index contributed by atoms with van der Waals surface area (Å²) in [5, 5.41) is 0. The first-order valence-corrected chi connectivity index (χ1v) is 10.9. The molecule has 0 spiro atoms. The Kier molecular flexibility index (Phi) is 6.30. The molecule has 1 heterocycles. The molecule has 3 heteroatoms. The van der Waals surface area contributed by atoms with Crippen molar-refractivity contribution in [1.29, 1.82) is 0 Å². The number of piperidine rings is 1. The first-order chi connectivity index (χ1) is 12.8. The number of benzene rings is 1. The van der Waals surface area contributed by atoms with Crippen molar-refractivity contribution in [2.75, 3.05) is 6.54 Å². The van der Waals surface area contributed by atoms with Crippen LogP contribution in [-0.2, 0) is 11.3 Å². The highest BCUT2D eigenvalue weighted by Gasteiger charge is 2.44. The van der Waals surface area contributed by atoms with Crippen molar-refractivity contribution in [2.24, 2.45) is 11.8 Å². The van der Waals surface area contributed by atoms with E-state index < -0.39 is 0 Å². The van der Waals surface area contributed by atoms with Gasteiger partial charge in [0.1, 0.15) is 0 Å². The molecule has 3 unspecified atom stereocenters. The Labute approximate surface area is 166 Å². The monoisotopic (exact) mass is 370 g/mol. The molecule has 27 heavy (non-hydrogen) atoms. The normalized spacial score (nSPS) is 26.7. The molecule has 1 aliphatic heterocycles. The van der Waals surface area contributed by atoms with E-state index >= 15 is 0 Å². The van der Waals surface area contributed by atoms with Gasteiger partial charge in [-0.2, -0.15) is 0 Å². The van der Waals surface area contributed by atoms with Gasteiger partial charge in [-0.15, -0.1) is 0 Å². The van der Waals surface area contributed by atoms with Crippen LogP contribution in [-0.4, -0.2) is 39.9 Å². The fourth-order valence-corrected chi connectivity index (χ4v) is 5.09. The van der Waals surface area contributed by atoms with Crippen LogP contribution in [0.4, 0.5) is 0 Å². The molecule has 3 atom stereocenters. The topological polar surface area (TPSA) is 23.6 Å². The zero-order chi connectivity index (χ0) is 19.6. The van der Waals surface area contributed by atoms with Crippen molar-refractivity contribution in [3.63, 3.8) is 0 Å². The SMILES string of the molecule is CC(C)N(Cc1ccccc1)C(=O)C1CC2CCCCC2CN1C(C)(C)C. The minimum absolute atomic E-state index is 0.0236. The Bertz CT molecular complexity index is 619. The van der Waals surface area contributed by atoms with E-state index in [-0.39, 0.29) is 17.6 Å². The van der Waals surface area contributed by atoms with Crippen LogP contribution in [0, 0.1) is 11.8 Å². The van der Waals surface area contributed by atoms with Gasteiger partial charge in [0.2, 0.25) is 5.91 Å². The number of rotatable bonds is 4. The van der Waals surface area contributed by atoms with E-state index in [1.165, 1.54) is 31.2 Å². The van der Waals surface area contributed by atoms with Crippen LogP contribution in [0.25, 0.3) is 0 Å². The third kappa shape index (κ3) is 4.74. The Hall–Kier alpha value is -1.35. The molecule has 3 rings (SSSR count). The van der Waals surface area contributed by atoms with Gasteiger partial charge in [-0.1, -0.05) is 49.6 Å². The van der Waals surface area contributed by atoms with Crippen molar-refractivity contribution in [3.8, 4) is 0 Å². The number of carbonyl (C=O) groups is 1. The lowest BCUT2D eigenvalue weighted by molar-refractivity contribution is -0.147. The Morgan fingerprint density at radius 2 is 1.74 bits per heavy atom. The van der Waals surface area contributed by atoms with Gasteiger partial charge >= 0.3 is 0 Å². The number of likely N-dealkylation sites (tertiary alicyclic amines) is 1. The minimum atomic E-state index is 0.0236. The van der Waals surface area contributed by atoms with Crippen molar-refractivity contribution in [2.45, 2.75) is 90.9 Å². The minimum Gasteiger partial charge on any atom is -0.335 e. The highest BCUT2D eigenvalue weighted by Crippen LogP contribution is 2.41. The zero-order valence-electron chi connectivity index (χ0n) is 17.9. The molecule has 1 saturated carbocycles. The van der Waals surface area contributed by atoms with Crippen molar-refractivity contribution in [1.82, 2.24) is 9.80 Å². The Morgan fingerprint density at radius 1 is 1.11 bits per heavy atom. The van der Waals surface area contributed by atoms with Crippen LogP contribution in [0.1, 0.15) is 72.3 Å². The summed E-state index contributed by atoms with van der Waals surface area (Å²) in [7, 11) is 0. The third-order valence-electron chi connectivity index (χ3n) is 6.65. The van der Waals surface area contributed by atoms with E-state index in [0.717, 1.165) is 24.8 Å². The molecule has 2 fully saturated rings. The molecule has 0 aromatic heterocycles. The molecule has 150 valence electrons. The highest BCUT2D eigenvalue weighted by molar-refractivity contribution is 5.82. The summed E-state index contributed by atoms with van der Waals surface area (Å²) in [6.45, 7) is 12.9. The van der Waals surface area contributed by atoms with E-state index in [0.29, 0.717) is 12.5 Å². The van der Waals surface area contributed by atoms with E-state index in [9.17, 15) is 4.79 Å². The van der Waals surface area contributed by atoms with Crippen molar-refractivity contribution >= 4 is 5.91 Å². The summed E-state index contributed by atoms with van der Waals surface area (Å²) in [5.74, 6) is 1.84. The van der Waals surface area contributed by atoms with Crippen LogP contribution in [0.3, 0.4) is 0 Å². The molecule has 1 aromatic rings. The first kappa shape index (κ1) is 20.4. The molecule has 0 bridgehead atoms. The molecule has 0 radical (unpaired) electrons. The predicted octanol–water partition coefficient (Wildman–Crippen LogP) is 5.10. The summed E-state index contributed by atoms with van der Waals surface area (Å²) < 4.78 is 0. The lowest BCUT2D eigenvalue weighted by Crippen LogP contribution is -2.61. The van der Waals surface area contributed by atoms with Crippen LogP contribution in [0.15, 0.2) is 30.3 Å². The second-order valence-electron chi connectivity index (χ2n) is 9.92. The standard InChI is InChI=1S/C24H38N2O/c1-18(2)25(16-19-11-7-6-8-12-19)23(27)22-15-20-13-9-10-14-21(20)17-26(22)24(3,4)5/h6-8,11-12,18,20-22H,9-10,13-17H2,1-5H3. The molecule has 1 aliphatic carbocycles. The third-order valence-corrected chi connectivity index (χ3v) is 6.65. The van der Waals surface area contributed by atoms with Gasteiger partial charge in [0.05, 0.1) is 6.04 Å². The number of hydrogen-bond donors (Lipinski definition) is 0. The van der Waals surface area contributed by atoms with Crippen LogP contribution < -0.4 is 0 Å². The molecule has 2 aliphatic rings. The maximum absolute atomic E-state index is 13.8. The summed E-state index contributed by atoms with van der Waals surface area (Å²) in [5.41, 5.74) is 1.24. The maximum Gasteiger partial charge on any atom is 0.240 e. The van der Waals surface area contributed by atoms with Gasteiger partial charge in [0, 0.05) is 24.7 Å². The maximum atomic E-state index is 13.8. The van der Waals surface area contributed by atoms with E-state index in [1.54, 1.807) is 0 Å². The highest BCUT2D eigenvalue weighted by atomic mass is 16.2. The molecular weight excluding hydrogens is 332 g/mol. The van der Waals surface area contributed by atoms with Crippen LogP contribution >= 0.6 is 0 Å². The zero-order valence-corrected chi connectivity index (χ0v) is 17.9. The fourth-order valence-electron chi connectivity index (χ4n) is 5.09. The second kappa shape index (κ2) is 8.34. The van der Waals surface area contributed by atoms with Crippen molar-refractivity contribution in [3.05, 3.63) is 35.9 Å². The average Bonchev–Trinajstić information content (AvgIpc) is 2.64. The number of amides is 1. The van der Waals surface area contributed by atoms with Gasteiger partial charge in [0.15, 0.2) is 0 Å². The summed E-state index contributed by atoms with van der Waals surface area (Å²) in [6, 6.07) is 10.7. The number of nitrogens with zero attached hydrogens (tertiary/aromatic N) is 2. The van der Waals surface area contributed by atoms with Crippen LogP contribution in [0.5, 0.6) is 0 Å². The Morgan fingerprint density at radius 3 is 2.33 bits per heavy atom.